The normalized spacial score (nSPS) is 15.5. The second-order valence-corrected chi connectivity index (χ2v) is 6.87. The molecule has 0 radical (unpaired) electrons. The van der Waals surface area contributed by atoms with Crippen LogP contribution in [-0.4, -0.2) is 24.2 Å². The van der Waals surface area contributed by atoms with Crippen molar-refractivity contribution < 1.29 is 9.90 Å². The first kappa shape index (κ1) is 16.6. The summed E-state index contributed by atoms with van der Waals surface area (Å²) in [5.41, 5.74) is 5.00. The van der Waals surface area contributed by atoms with E-state index >= 15 is 0 Å². The molecule has 0 saturated carbocycles. The molecule has 3 nitrogen and oxygen atoms in total. The molecule has 0 atom stereocenters. The minimum absolute atomic E-state index is 0.442. The Kier molecular flexibility index (Phi) is 4.89. The van der Waals surface area contributed by atoms with E-state index < -0.39 is 5.97 Å². The number of aromatic carboxylic acids is 1. The molecule has 1 heterocycles. The Morgan fingerprint density at radius 2 is 1.75 bits per heavy atom. The van der Waals surface area contributed by atoms with Gasteiger partial charge in [-0.1, -0.05) is 24.3 Å². The van der Waals surface area contributed by atoms with Gasteiger partial charge in [0, 0.05) is 18.8 Å². The summed E-state index contributed by atoms with van der Waals surface area (Å²) in [7, 11) is 0. The summed E-state index contributed by atoms with van der Waals surface area (Å²) < 4.78 is 0. The standard InChI is InChI=1S/C21H25NO2/c1-15-12-16(2)20(21(23)24)14-18(15)13-17-8-10-22(11-9-17)19-6-4-3-5-7-19/h3-7,12,14,17H,8-11,13H2,1-2H3,(H,23,24). The number of para-hydroxylation sites is 1. The second-order valence-electron chi connectivity index (χ2n) is 6.87. The summed E-state index contributed by atoms with van der Waals surface area (Å²) in [6, 6.07) is 14.5. The Balaban J connectivity index is 1.66. The van der Waals surface area contributed by atoms with Gasteiger partial charge in [-0.05, 0) is 73.9 Å². The number of rotatable bonds is 4. The van der Waals surface area contributed by atoms with Crippen molar-refractivity contribution >= 4 is 11.7 Å². The minimum atomic E-state index is -0.826. The average molecular weight is 323 g/mol. The largest absolute Gasteiger partial charge is 0.478 e. The first-order valence-electron chi connectivity index (χ1n) is 8.68. The van der Waals surface area contributed by atoms with Gasteiger partial charge < -0.3 is 10.0 Å². The van der Waals surface area contributed by atoms with Crippen molar-refractivity contribution in [2.24, 2.45) is 5.92 Å². The van der Waals surface area contributed by atoms with Gasteiger partial charge in [-0.15, -0.1) is 0 Å². The molecule has 1 aliphatic rings. The lowest BCUT2D eigenvalue weighted by Gasteiger charge is -2.34. The van der Waals surface area contributed by atoms with Gasteiger partial charge in [-0.25, -0.2) is 4.79 Å². The molecule has 3 heteroatoms. The number of carboxylic acid groups (broad SMARTS) is 1. The van der Waals surface area contributed by atoms with Gasteiger partial charge in [-0.3, -0.25) is 0 Å². The molecule has 24 heavy (non-hydrogen) atoms. The van der Waals surface area contributed by atoms with Crippen molar-refractivity contribution in [2.45, 2.75) is 33.1 Å². The average Bonchev–Trinajstić information content (AvgIpc) is 2.58. The molecule has 3 rings (SSSR count). The van der Waals surface area contributed by atoms with Crippen molar-refractivity contribution in [3.05, 3.63) is 64.7 Å². The van der Waals surface area contributed by atoms with Crippen LogP contribution in [-0.2, 0) is 6.42 Å². The number of carboxylic acids is 1. The fourth-order valence-electron chi connectivity index (χ4n) is 3.69. The highest BCUT2D eigenvalue weighted by Gasteiger charge is 2.21. The summed E-state index contributed by atoms with van der Waals surface area (Å²) in [5.74, 6) is -0.194. The van der Waals surface area contributed by atoms with Crippen molar-refractivity contribution in [2.75, 3.05) is 18.0 Å². The number of benzene rings is 2. The van der Waals surface area contributed by atoms with Crippen LogP contribution in [0.4, 0.5) is 5.69 Å². The highest BCUT2D eigenvalue weighted by atomic mass is 16.4. The third kappa shape index (κ3) is 3.61. The van der Waals surface area contributed by atoms with Crippen molar-refractivity contribution in [1.82, 2.24) is 0 Å². The van der Waals surface area contributed by atoms with Crippen LogP contribution in [0.3, 0.4) is 0 Å². The van der Waals surface area contributed by atoms with Crippen LogP contribution in [0.1, 0.15) is 39.9 Å². The van der Waals surface area contributed by atoms with Gasteiger partial charge in [0.1, 0.15) is 0 Å². The van der Waals surface area contributed by atoms with Gasteiger partial charge in [0.05, 0.1) is 5.56 Å². The quantitative estimate of drug-likeness (QED) is 0.903. The molecule has 0 aromatic heterocycles. The van der Waals surface area contributed by atoms with E-state index in [1.807, 2.05) is 19.1 Å². The van der Waals surface area contributed by atoms with Crippen molar-refractivity contribution in [1.29, 1.82) is 0 Å². The zero-order chi connectivity index (χ0) is 17.1. The maximum absolute atomic E-state index is 11.4. The highest BCUT2D eigenvalue weighted by Crippen LogP contribution is 2.27. The lowest BCUT2D eigenvalue weighted by Crippen LogP contribution is -2.34. The van der Waals surface area contributed by atoms with E-state index in [1.54, 1.807) is 0 Å². The maximum Gasteiger partial charge on any atom is 0.335 e. The molecule has 2 aromatic carbocycles. The van der Waals surface area contributed by atoms with Crippen LogP contribution in [0.15, 0.2) is 42.5 Å². The van der Waals surface area contributed by atoms with Gasteiger partial charge in [-0.2, -0.15) is 0 Å². The minimum Gasteiger partial charge on any atom is -0.478 e. The predicted octanol–water partition coefficient (Wildman–Crippen LogP) is 4.46. The summed E-state index contributed by atoms with van der Waals surface area (Å²) in [4.78, 5) is 13.8. The number of piperidine rings is 1. The highest BCUT2D eigenvalue weighted by molar-refractivity contribution is 5.89. The van der Waals surface area contributed by atoms with Crippen LogP contribution in [0.5, 0.6) is 0 Å². The van der Waals surface area contributed by atoms with Crippen LogP contribution in [0.25, 0.3) is 0 Å². The monoisotopic (exact) mass is 323 g/mol. The Labute approximate surface area is 143 Å². The Morgan fingerprint density at radius 3 is 2.38 bits per heavy atom. The lowest BCUT2D eigenvalue weighted by molar-refractivity contribution is 0.0696. The number of hydrogen-bond donors (Lipinski definition) is 1. The molecule has 1 saturated heterocycles. The molecular weight excluding hydrogens is 298 g/mol. The number of anilines is 1. The first-order chi connectivity index (χ1) is 11.5. The SMILES string of the molecule is Cc1cc(C)c(C(=O)O)cc1CC1CCN(c2ccccc2)CC1. The number of nitrogens with zero attached hydrogens (tertiary/aromatic N) is 1. The van der Waals surface area contributed by atoms with Crippen LogP contribution in [0, 0.1) is 19.8 Å². The molecular formula is C21H25NO2. The second kappa shape index (κ2) is 7.08. The zero-order valence-corrected chi connectivity index (χ0v) is 14.5. The van der Waals surface area contributed by atoms with E-state index in [1.165, 1.54) is 16.8 Å². The Bertz CT molecular complexity index is 716. The maximum atomic E-state index is 11.4. The van der Waals surface area contributed by atoms with E-state index in [4.69, 9.17) is 0 Å². The fraction of sp³-hybridized carbons (Fsp3) is 0.381. The molecule has 1 N–H and O–H groups in total. The zero-order valence-electron chi connectivity index (χ0n) is 14.5. The number of hydrogen-bond acceptors (Lipinski definition) is 2. The van der Waals surface area contributed by atoms with Gasteiger partial charge in [0.25, 0.3) is 0 Å². The molecule has 2 aromatic rings. The van der Waals surface area contributed by atoms with Crippen LogP contribution < -0.4 is 4.90 Å². The molecule has 0 unspecified atom stereocenters. The number of carbonyl (C=O) groups is 1. The summed E-state index contributed by atoms with van der Waals surface area (Å²) in [6.07, 6.45) is 3.30. The van der Waals surface area contributed by atoms with Gasteiger partial charge in [0.15, 0.2) is 0 Å². The van der Waals surface area contributed by atoms with Gasteiger partial charge >= 0.3 is 5.97 Å². The third-order valence-corrected chi connectivity index (χ3v) is 5.16. The van der Waals surface area contributed by atoms with Crippen molar-refractivity contribution in [3.8, 4) is 0 Å². The lowest BCUT2D eigenvalue weighted by atomic mass is 9.87. The molecule has 0 bridgehead atoms. The molecule has 0 aliphatic carbocycles. The van der Waals surface area contributed by atoms with E-state index in [2.05, 4.69) is 42.2 Å². The molecule has 1 aliphatic heterocycles. The summed E-state index contributed by atoms with van der Waals surface area (Å²) >= 11 is 0. The molecule has 0 amide bonds. The number of aryl methyl sites for hydroxylation is 2. The first-order valence-corrected chi connectivity index (χ1v) is 8.68. The smallest absolute Gasteiger partial charge is 0.335 e. The molecule has 126 valence electrons. The summed E-state index contributed by atoms with van der Waals surface area (Å²) in [6.45, 7) is 6.11. The van der Waals surface area contributed by atoms with E-state index in [0.29, 0.717) is 11.5 Å². The van der Waals surface area contributed by atoms with E-state index in [0.717, 1.165) is 37.9 Å². The molecule has 1 fully saturated rings. The topological polar surface area (TPSA) is 40.5 Å². The van der Waals surface area contributed by atoms with Gasteiger partial charge in [0.2, 0.25) is 0 Å². The third-order valence-electron chi connectivity index (χ3n) is 5.16. The van der Waals surface area contributed by atoms with Crippen LogP contribution in [0.2, 0.25) is 0 Å². The predicted molar refractivity (Wildman–Crippen MR) is 98.0 cm³/mol. The molecule has 0 spiro atoms. The summed E-state index contributed by atoms with van der Waals surface area (Å²) in [5, 5.41) is 9.34. The Hall–Kier alpha value is -2.29. The van der Waals surface area contributed by atoms with Crippen LogP contribution >= 0.6 is 0 Å². The van der Waals surface area contributed by atoms with E-state index in [-0.39, 0.29) is 0 Å². The van der Waals surface area contributed by atoms with Crippen molar-refractivity contribution in [3.63, 3.8) is 0 Å². The fourth-order valence-corrected chi connectivity index (χ4v) is 3.69. The Morgan fingerprint density at radius 1 is 1.08 bits per heavy atom. The van der Waals surface area contributed by atoms with E-state index in [9.17, 15) is 9.90 Å².